The fourth-order valence-corrected chi connectivity index (χ4v) is 6.73. The number of nitrogens with zero attached hydrogens (tertiary/aromatic N) is 1. The summed E-state index contributed by atoms with van der Waals surface area (Å²) in [6, 6.07) is 12.0. The predicted octanol–water partition coefficient (Wildman–Crippen LogP) is 2.93. The number of amides is 2. The molecule has 0 radical (unpaired) electrons. The Morgan fingerprint density at radius 2 is 1.76 bits per heavy atom. The van der Waals surface area contributed by atoms with E-state index in [1.165, 1.54) is 23.9 Å². The number of sulfonamides is 1. The summed E-state index contributed by atoms with van der Waals surface area (Å²) in [7, 11) is -3.90. The largest absolute Gasteiger partial charge is 0.480 e. The van der Waals surface area contributed by atoms with Gasteiger partial charge in [0, 0.05) is 42.5 Å². The maximum absolute atomic E-state index is 13.4. The van der Waals surface area contributed by atoms with Crippen LogP contribution in [0.4, 0.5) is 0 Å². The minimum atomic E-state index is -3.90. The highest BCUT2D eigenvalue weighted by atomic mass is 32.2. The van der Waals surface area contributed by atoms with Crippen LogP contribution >= 0.6 is 11.8 Å². The molecule has 1 aromatic heterocycles. The Morgan fingerprint density at radius 3 is 2.41 bits per heavy atom. The molecule has 2 amide bonds. The van der Waals surface area contributed by atoms with Gasteiger partial charge in [0.15, 0.2) is 0 Å². The molecule has 1 aliphatic rings. The maximum Gasteiger partial charge on any atom is 0.326 e. The van der Waals surface area contributed by atoms with Crippen LogP contribution in [0.1, 0.15) is 30.4 Å². The number of carbonyl (C=O) groups excluding carboxylic acids is 2. The number of carbonyl (C=O) groups is 3. The van der Waals surface area contributed by atoms with Gasteiger partial charge in [-0.25, -0.2) is 13.2 Å². The zero-order valence-corrected chi connectivity index (χ0v) is 24.8. The van der Waals surface area contributed by atoms with Crippen LogP contribution in [-0.2, 0) is 30.8 Å². The van der Waals surface area contributed by atoms with Crippen LogP contribution in [0.2, 0.25) is 0 Å². The van der Waals surface area contributed by atoms with Gasteiger partial charge >= 0.3 is 5.97 Å². The SMILES string of the molecule is CSCCC(NS(=O)(=O)c1ccc(C)cc1)C(=O)N1CCC(C(=O)NC(Cc2c[nH]c3ccccc23)C(=O)O)CC1. The van der Waals surface area contributed by atoms with Crippen molar-refractivity contribution in [1.29, 1.82) is 0 Å². The standard InChI is InChI=1S/C29H36N4O6S2/c1-19-7-9-22(10-8-19)41(38,39)32-25(13-16-40-2)28(35)33-14-11-20(12-15-33)27(34)31-26(29(36)37)17-21-18-30-24-6-4-3-5-23(21)24/h3-10,18,20,25-26,30,32H,11-17H2,1-2H3,(H,31,34)(H,36,37). The van der Waals surface area contributed by atoms with Gasteiger partial charge in [-0.05, 0) is 62.0 Å². The Morgan fingerprint density at radius 1 is 1.07 bits per heavy atom. The third-order valence-corrected chi connectivity index (χ3v) is 9.56. The zero-order valence-electron chi connectivity index (χ0n) is 23.1. The summed E-state index contributed by atoms with van der Waals surface area (Å²) in [5.74, 6) is -1.65. The van der Waals surface area contributed by atoms with Gasteiger partial charge in [0.25, 0.3) is 0 Å². The number of carboxylic acid groups (broad SMARTS) is 1. The summed E-state index contributed by atoms with van der Waals surface area (Å²) in [5.41, 5.74) is 2.63. The van der Waals surface area contributed by atoms with Gasteiger partial charge in [0.1, 0.15) is 12.1 Å². The molecule has 0 aliphatic carbocycles. The van der Waals surface area contributed by atoms with Crippen molar-refractivity contribution < 1.29 is 27.9 Å². The second-order valence-electron chi connectivity index (χ2n) is 10.3. The molecule has 220 valence electrons. The monoisotopic (exact) mass is 600 g/mol. The van der Waals surface area contributed by atoms with Crippen molar-refractivity contribution in [2.75, 3.05) is 25.1 Å². The minimum Gasteiger partial charge on any atom is -0.480 e. The molecule has 2 aromatic carbocycles. The van der Waals surface area contributed by atoms with E-state index in [1.54, 1.807) is 23.2 Å². The molecule has 4 rings (SSSR count). The molecule has 10 nitrogen and oxygen atoms in total. The molecule has 12 heteroatoms. The lowest BCUT2D eigenvalue weighted by molar-refractivity contribution is -0.143. The first-order valence-corrected chi connectivity index (χ1v) is 16.4. The van der Waals surface area contributed by atoms with Crippen molar-refractivity contribution in [1.82, 2.24) is 19.9 Å². The molecule has 41 heavy (non-hydrogen) atoms. The Bertz CT molecular complexity index is 1480. The molecule has 2 unspecified atom stereocenters. The molecular formula is C29H36N4O6S2. The molecule has 0 spiro atoms. The Balaban J connectivity index is 1.36. The number of benzene rings is 2. The number of fused-ring (bicyclic) bond motifs is 1. The number of nitrogens with one attached hydrogen (secondary N) is 3. The summed E-state index contributed by atoms with van der Waals surface area (Å²) < 4.78 is 28.6. The first kappa shape index (κ1) is 30.6. The van der Waals surface area contributed by atoms with E-state index in [4.69, 9.17) is 0 Å². The van der Waals surface area contributed by atoms with Gasteiger partial charge in [-0.15, -0.1) is 0 Å². The van der Waals surface area contributed by atoms with E-state index in [0.29, 0.717) is 25.0 Å². The summed E-state index contributed by atoms with van der Waals surface area (Å²) >= 11 is 1.52. The van der Waals surface area contributed by atoms with Gasteiger partial charge in [-0.2, -0.15) is 16.5 Å². The number of aromatic amines is 1. The van der Waals surface area contributed by atoms with Crippen molar-refractivity contribution >= 4 is 50.5 Å². The number of aliphatic carboxylic acids is 1. The molecule has 0 bridgehead atoms. The molecule has 0 saturated carbocycles. The fourth-order valence-electron chi connectivity index (χ4n) is 5.03. The molecule has 1 aliphatic heterocycles. The van der Waals surface area contributed by atoms with E-state index in [0.717, 1.165) is 22.0 Å². The van der Waals surface area contributed by atoms with Crippen LogP contribution in [-0.4, -0.2) is 78.4 Å². The van der Waals surface area contributed by atoms with Gasteiger partial charge in [0.2, 0.25) is 21.8 Å². The summed E-state index contributed by atoms with van der Waals surface area (Å²) in [4.78, 5) is 43.2. The lowest BCUT2D eigenvalue weighted by atomic mass is 9.94. The number of thioether (sulfide) groups is 1. The molecular weight excluding hydrogens is 564 g/mol. The normalized spacial score (nSPS) is 15.9. The number of aromatic nitrogens is 1. The number of para-hydroxylation sites is 1. The first-order chi connectivity index (χ1) is 19.6. The number of hydrogen-bond acceptors (Lipinski definition) is 6. The summed E-state index contributed by atoms with van der Waals surface area (Å²) in [5, 5.41) is 13.4. The zero-order chi connectivity index (χ0) is 29.6. The predicted molar refractivity (Wildman–Crippen MR) is 159 cm³/mol. The van der Waals surface area contributed by atoms with E-state index in [9.17, 15) is 27.9 Å². The van der Waals surface area contributed by atoms with E-state index in [2.05, 4.69) is 15.0 Å². The van der Waals surface area contributed by atoms with Crippen LogP contribution in [0.3, 0.4) is 0 Å². The average molecular weight is 601 g/mol. The number of piperidine rings is 1. The van der Waals surface area contributed by atoms with Crippen LogP contribution in [0.5, 0.6) is 0 Å². The van der Waals surface area contributed by atoms with E-state index < -0.39 is 34.0 Å². The van der Waals surface area contributed by atoms with Crippen LogP contribution in [0, 0.1) is 12.8 Å². The maximum atomic E-state index is 13.4. The van der Waals surface area contributed by atoms with Crippen molar-refractivity contribution in [2.45, 2.75) is 49.6 Å². The molecule has 1 saturated heterocycles. The topological polar surface area (TPSA) is 149 Å². The number of H-pyrrole nitrogens is 1. The summed E-state index contributed by atoms with van der Waals surface area (Å²) in [6.07, 6.45) is 4.84. The van der Waals surface area contributed by atoms with Crippen molar-refractivity contribution in [3.63, 3.8) is 0 Å². The van der Waals surface area contributed by atoms with Gasteiger partial charge in [0.05, 0.1) is 4.90 Å². The quantitative estimate of drug-likeness (QED) is 0.250. The number of hydrogen-bond donors (Lipinski definition) is 4. The van der Waals surface area contributed by atoms with Gasteiger partial charge < -0.3 is 20.3 Å². The third kappa shape index (κ3) is 7.69. The number of likely N-dealkylation sites (tertiary alicyclic amines) is 1. The fraction of sp³-hybridized carbons (Fsp3) is 0.414. The lowest BCUT2D eigenvalue weighted by Gasteiger charge is -2.34. The molecule has 3 aromatic rings. The molecule has 1 fully saturated rings. The van der Waals surface area contributed by atoms with E-state index >= 15 is 0 Å². The number of carboxylic acids is 1. The van der Waals surface area contributed by atoms with Crippen LogP contribution in [0.25, 0.3) is 10.9 Å². The van der Waals surface area contributed by atoms with E-state index in [-0.39, 0.29) is 36.2 Å². The van der Waals surface area contributed by atoms with Crippen LogP contribution < -0.4 is 10.0 Å². The Labute approximate surface area is 244 Å². The second kappa shape index (κ2) is 13.5. The number of aryl methyl sites for hydroxylation is 1. The molecule has 4 N–H and O–H groups in total. The highest BCUT2D eigenvalue weighted by Crippen LogP contribution is 2.22. The second-order valence-corrected chi connectivity index (χ2v) is 13.0. The van der Waals surface area contributed by atoms with Crippen molar-refractivity contribution in [2.24, 2.45) is 5.92 Å². The molecule has 2 heterocycles. The van der Waals surface area contributed by atoms with E-state index in [1.807, 2.05) is 37.4 Å². The highest BCUT2D eigenvalue weighted by molar-refractivity contribution is 7.98. The van der Waals surface area contributed by atoms with Gasteiger partial charge in [-0.3, -0.25) is 9.59 Å². The van der Waals surface area contributed by atoms with Crippen LogP contribution in [0.15, 0.2) is 59.6 Å². The third-order valence-electron chi connectivity index (χ3n) is 7.43. The minimum absolute atomic E-state index is 0.0982. The smallest absolute Gasteiger partial charge is 0.326 e. The summed E-state index contributed by atoms with van der Waals surface area (Å²) in [6.45, 7) is 2.42. The first-order valence-electron chi connectivity index (χ1n) is 13.5. The lowest BCUT2D eigenvalue weighted by Crippen LogP contribution is -2.52. The highest BCUT2D eigenvalue weighted by Gasteiger charge is 2.34. The molecule has 2 atom stereocenters. The van der Waals surface area contributed by atoms with Crippen molar-refractivity contribution in [3.05, 3.63) is 65.9 Å². The Hall–Kier alpha value is -3.35. The Kier molecular flexibility index (Phi) is 10.1. The number of rotatable bonds is 12. The average Bonchev–Trinajstić information content (AvgIpc) is 3.37. The van der Waals surface area contributed by atoms with Crippen molar-refractivity contribution in [3.8, 4) is 0 Å². The van der Waals surface area contributed by atoms with Gasteiger partial charge in [-0.1, -0.05) is 35.9 Å².